The Balaban J connectivity index is 0.00000128. The zero-order valence-corrected chi connectivity index (χ0v) is 12.4. The van der Waals surface area contributed by atoms with Gasteiger partial charge < -0.3 is 21.5 Å². The molecule has 2 heterocycles. The van der Waals surface area contributed by atoms with Gasteiger partial charge in [-0.2, -0.15) is 0 Å². The fourth-order valence-electron chi connectivity index (χ4n) is 4.12. The predicted molar refractivity (Wildman–Crippen MR) is 65.8 cm³/mol. The molecule has 0 N–H and O–H groups in total. The Morgan fingerprint density at radius 1 is 1.38 bits per heavy atom. The number of hydrogen-bond acceptors (Lipinski definition) is 0. The molecule has 0 aliphatic carbocycles. The lowest BCUT2D eigenvalue weighted by atomic mass is 10.0. The minimum Gasteiger partial charge on any atom is -1.00 e. The Hall–Kier alpha value is 0.180. The summed E-state index contributed by atoms with van der Waals surface area (Å²) in [5.74, 6) is 0. The molecule has 2 fully saturated rings. The molecular formula is C14H26BrN. The maximum Gasteiger partial charge on any atom is 0.111 e. The fraction of sp³-hybridized carbons (Fsp3) is 0.857. The highest BCUT2D eigenvalue weighted by atomic mass is 79.9. The van der Waals surface area contributed by atoms with Gasteiger partial charge in [0.25, 0.3) is 0 Å². The summed E-state index contributed by atoms with van der Waals surface area (Å²) in [4.78, 5) is 0. The summed E-state index contributed by atoms with van der Waals surface area (Å²) in [6.07, 6.45) is 8.27. The smallest absolute Gasteiger partial charge is 0.111 e. The molecule has 0 radical (unpaired) electrons. The van der Waals surface area contributed by atoms with Gasteiger partial charge in [-0.25, -0.2) is 0 Å². The average molecular weight is 288 g/mol. The van der Waals surface area contributed by atoms with Crippen molar-refractivity contribution in [2.24, 2.45) is 0 Å². The second-order valence-corrected chi connectivity index (χ2v) is 5.47. The Kier molecular flexibility index (Phi) is 5.06. The van der Waals surface area contributed by atoms with Gasteiger partial charge in [-0.1, -0.05) is 26.8 Å². The lowest BCUT2D eigenvalue weighted by Gasteiger charge is -2.42. The van der Waals surface area contributed by atoms with Gasteiger partial charge in [-0.15, -0.1) is 0 Å². The second-order valence-electron chi connectivity index (χ2n) is 5.47. The molecule has 16 heavy (non-hydrogen) atoms. The fourth-order valence-corrected chi connectivity index (χ4v) is 4.12. The zero-order chi connectivity index (χ0) is 10.9. The highest BCUT2D eigenvalue weighted by Gasteiger charge is 2.51. The first-order valence-electron chi connectivity index (χ1n) is 6.78. The van der Waals surface area contributed by atoms with Crippen LogP contribution in [-0.4, -0.2) is 29.7 Å². The summed E-state index contributed by atoms with van der Waals surface area (Å²) < 4.78 is 1.42. The first kappa shape index (κ1) is 14.2. The van der Waals surface area contributed by atoms with Crippen LogP contribution in [0.4, 0.5) is 0 Å². The van der Waals surface area contributed by atoms with Crippen molar-refractivity contribution in [1.29, 1.82) is 0 Å². The van der Waals surface area contributed by atoms with Crippen LogP contribution in [0.2, 0.25) is 0 Å². The summed E-state index contributed by atoms with van der Waals surface area (Å²) in [7, 11) is 0. The third kappa shape index (κ3) is 2.11. The van der Waals surface area contributed by atoms with E-state index in [1.165, 1.54) is 56.1 Å². The van der Waals surface area contributed by atoms with Crippen molar-refractivity contribution >= 4 is 0 Å². The number of quaternary nitrogens is 1. The van der Waals surface area contributed by atoms with E-state index in [-0.39, 0.29) is 17.0 Å². The first-order chi connectivity index (χ1) is 7.24. The Morgan fingerprint density at radius 3 is 2.75 bits per heavy atom. The van der Waals surface area contributed by atoms with Crippen molar-refractivity contribution in [3.63, 3.8) is 0 Å². The van der Waals surface area contributed by atoms with E-state index in [0.717, 1.165) is 12.1 Å². The molecule has 0 spiro atoms. The second kappa shape index (κ2) is 5.68. The van der Waals surface area contributed by atoms with Gasteiger partial charge >= 0.3 is 0 Å². The molecule has 0 bridgehead atoms. The normalized spacial score (nSPS) is 34.6. The summed E-state index contributed by atoms with van der Waals surface area (Å²) in [5, 5.41) is 0. The molecule has 2 saturated heterocycles. The standard InChI is InChI=1S/C14H26N.BrH/c1-4-7-13(5-2)15-10-6-8-14(15)12(3)9-11-15;/h13-14H,3-11H2,1-2H3;1H/q+1;/p-1. The quantitative estimate of drug-likeness (QED) is 0.522. The van der Waals surface area contributed by atoms with Crippen LogP contribution in [0.1, 0.15) is 52.4 Å². The first-order valence-corrected chi connectivity index (χ1v) is 6.78. The molecule has 3 unspecified atom stereocenters. The maximum atomic E-state index is 4.30. The predicted octanol–water partition coefficient (Wildman–Crippen LogP) is 0.508. The van der Waals surface area contributed by atoms with Crippen LogP contribution in [-0.2, 0) is 0 Å². The van der Waals surface area contributed by atoms with Crippen LogP contribution in [0.3, 0.4) is 0 Å². The molecule has 0 saturated carbocycles. The third-order valence-electron chi connectivity index (χ3n) is 4.81. The molecular weight excluding hydrogens is 262 g/mol. The molecule has 2 rings (SSSR count). The van der Waals surface area contributed by atoms with Crippen molar-refractivity contribution in [2.45, 2.75) is 64.5 Å². The summed E-state index contributed by atoms with van der Waals surface area (Å²) in [5.41, 5.74) is 1.56. The number of hydrogen-bond donors (Lipinski definition) is 0. The highest BCUT2D eigenvalue weighted by molar-refractivity contribution is 5.09. The van der Waals surface area contributed by atoms with Crippen molar-refractivity contribution in [3.8, 4) is 0 Å². The third-order valence-corrected chi connectivity index (χ3v) is 4.81. The number of nitrogens with zero attached hydrogens (tertiary/aromatic N) is 1. The van der Waals surface area contributed by atoms with E-state index in [1.54, 1.807) is 5.57 Å². The molecule has 0 aromatic carbocycles. The van der Waals surface area contributed by atoms with E-state index in [1.807, 2.05) is 0 Å². The molecule has 2 heteroatoms. The average Bonchev–Trinajstić information content (AvgIpc) is 2.77. The number of halogens is 1. The number of rotatable bonds is 4. The van der Waals surface area contributed by atoms with Gasteiger partial charge in [0.1, 0.15) is 6.04 Å². The molecule has 0 aromatic heterocycles. The van der Waals surface area contributed by atoms with Crippen LogP contribution in [0.5, 0.6) is 0 Å². The maximum absolute atomic E-state index is 4.30. The van der Waals surface area contributed by atoms with Crippen molar-refractivity contribution in [3.05, 3.63) is 12.2 Å². The van der Waals surface area contributed by atoms with Crippen molar-refractivity contribution in [1.82, 2.24) is 0 Å². The van der Waals surface area contributed by atoms with Crippen LogP contribution >= 0.6 is 0 Å². The molecule has 2 aliphatic rings. The lowest BCUT2D eigenvalue weighted by molar-refractivity contribution is -0.948. The van der Waals surface area contributed by atoms with E-state index in [9.17, 15) is 0 Å². The molecule has 1 nitrogen and oxygen atoms in total. The Morgan fingerprint density at radius 2 is 2.12 bits per heavy atom. The van der Waals surface area contributed by atoms with Crippen LogP contribution in [0.25, 0.3) is 0 Å². The Labute approximate surface area is 111 Å². The molecule has 94 valence electrons. The molecule has 0 amide bonds. The lowest BCUT2D eigenvalue weighted by Crippen LogP contribution is -3.00. The van der Waals surface area contributed by atoms with Crippen molar-refractivity contribution < 1.29 is 21.5 Å². The van der Waals surface area contributed by atoms with E-state index in [2.05, 4.69) is 20.4 Å². The minimum absolute atomic E-state index is 0. The van der Waals surface area contributed by atoms with E-state index < -0.39 is 0 Å². The van der Waals surface area contributed by atoms with Gasteiger partial charge in [-0.3, -0.25) is 0 Å². The summed E-state index contributed by atoms with van der Waals surface area (Å²) in [6.45, 7) is 11.8. The largest absolute Gasteiger partial charge is 1.00 e. The monoisotopic (exact) mass is 287 g/mol. The summed E-state index contributed by atoms with van der Waals surface area (Å²) in [6, 6.07) is 1.75. The van der Waals surface area contributed by atoms with Crippen LogP contribution in [0, 0.1) is 0 Å². The van der Waals surface area contributed by atoms with Crippen LogP contribution < -0.4 is 17.0 Å². The molecule has 3 atom stereocenters. The van der Waals surface area contributed by atoms with E-state index in [0.29, 0.717) is 0 Å². The van der Waals surface area contributed by atoms with Gasteiger partial charge in [-0.05, 0) is 18.4 Å². The number of fused-ring (bicyclic) bond motifs is 1. The van der Waals surface area contributed by atoms with Gasteiger partial charge in [0.05, 0.1) is 19.1 Å². The van der Waals surface area contributed by atoms with Gasteiger partial charge in [0, 0.05) is 19.3 Å². The summed E-state index contributed by atoms with van der Waals surface area (Å²) >= 11 is 0. The van der Waals surface area contributed by atoms with Gasteiger partial charge in [0.2, 0.25) is 0 Å². The molecule has 2 aliphatic heterocycles. The topological polar surface area (TPSA) is 0 Å². The Bertz CT molecular complexity index is 251. The van der Waals surface area contributed by atoms with Crippen LogP contribution in [0.15, 0.2) is 12.2 Å². The van der Waals surface area contributed by atoms with E-state index >= 15 is 0 Å². The zero-order valence-electron chi connectivity index (χ0n) is 10.8. The minimum atomic E-state index is 0. The van der Waals surface area contributed by atoms with E-state index in [4.69, 9.17) is 0 Å². The SMILES string of the molecule is C=C1CC[N+]2(C(CC)CCC)CCCC12.[Br-]. The highest BCUT2D eigenvalue weighted by Crippen LogP contribution is 2.43. The molecule has 0 aromatic rings. The van der Waals surface area contributed by atoms with Gasteiger partial charge in [0.15, 0.2) is 0 Å². The van der Waals surface area contributed by atoms with Crippen molar-refractivity contribution in [2.75, 3.05) is 13.1 Å².